The predicted octanol–water partition coefficient (Wildman–Crippen LogP) is 2.29. The molecule has 1 fully saturated rings. The molecule has 29 heavy (non-hydrogen) atoms. The van der Waals surface area contributed by atoms with Crippen molar-refractivity contribution in [1.29, 1.82) is 0 Å². The number of hydrogen-bond acceptors (Lipinski definition) is 4. The summed E-state index contributed by atoms with van der Waals surface area (Å²) in [5.41, 5.74) is -2.12. The third-order valence-corrected chi connectivity index (χ3v) is 6.36. The maximum atomic E-state index is 13.0. The smallest absolute Gasteiger partial charge is 0.324 e. The average Bonchev–Trinajstić information content (AvgIpc) is 3.18. The molecule has 2 heterocycles. The van der Waals surface area contributed by atoms with Crippen LogP contribution in [0.25, 0.3) is 0 Å². The normalized spacial score (nSPS) is 15.4. The summed E-state index contributed by atoms with van der Waals surface area (Å²) in [6.45, 7) is 0.112. The Morgan fingerprint density at radius 3 is 2.38 bits per heavy atom. The van der Waals surface area contributed by atoms with Gasteiger partial charge in [0.1, 0.15) is 6.54 Å². The SMILES string of the molecule is O=C(Cn1cc(S(=O)(=O)N2CCCC2)ccc1=O)Nc1ccccc1C(F)(F)F. The highest BCUT2D eigenvalue weighted by molar-refractivity contribution is 7.89. The Kier molecular flexibility index (Phi) is 5.80. The first-order chi connectivity index (χ1) is 13.6. The van der Waals surface area contributed by atoms with Gasteiger partial charge in [0.15, 0.2) is 0 Å². The molecule has 7 nitrogen and oxygen atoms in total. The molecular formula is C18H18F3N3O4S. The van der Waals surface area contributed by atoms with E-state index in [9.17, 15) is 31.2 Å². The fourth-order valence-corrected chi connectivity index (χ4v) is 4.58. The molecular weight excluding hydrogens is 411 g/mol. The van der Waals surface area contributed by atoms with Gasteiger partial charge in [0.05, 0.1) is 16.1 Å². The molecule has 156 valence electrons. The van der Waals surface area contributed by atoms with Crippen molar-refractivity contribution in [2.24, 2.45) is 0 Å². The fraction of sp³-hybridized carbons (Fsp3) is 0.333. The number of alkyl halides is 3. The van der Waals surface area contributed by atoms with Crippen molar-refractivity contribution in [2.75, 3.05) is 18.4 Å². The first-order valence-electron chi connectivity index (χ1n) is 8.76. The summed E-state index contributed by atoms with van der Waals surface area (Å²) in [4.78, 5) is 24.1. The van der Waals surface area contributed by atoms with Crippen LogP contribution < -0.4 is 10.9 Å². The lowest BCUT2D eigenvalue weighted by Gasteiger charge is -2.17. The Bertz CT molecular complexity index is 1070. The molecule has 0 radical (unpaired) electrons. The van der Waals surface area contributed by atoms with Gasteiger partial charge in [0.2, 0.25) is 15.9 Å². The van der Waals surface area contributed by atoms with Crippen molar-refractivity contribution >= 4 is 21.6 Å². The Balaban J connectivity index is 1.82. The minimum atomic E-state index is -4.66. The Labute approximate surface area is 164 Å². The van der Waals surface area contributed by atoms with E-state index in [-0.39, 0.29) is 4.90 Å². The van der Waals surface area contributed by atoms with Crippen LogP contribution >= 0.6 is 0 Å². The van der Waals surface area contributed by atoms with Gasteiger partial charge in [-0.15, -0.1) is 0 Å². The lowest BCUT2D eigenvalue weighted by atomic mass is 10.1. The Morgan fingerprint density at radius 1 is 1.07 bits per heavy atom. The second kappa shape index (κ2) is 7.99. The molecule has 0 atom stereocenters. The van der Waals surface area contributed by atoms with Gasteiger partial charge in [-0.2, -0.15) is 17.5 Å². The molecule has 2 aromatic rings. The first-order valence-corrected chi connectivity index (χ1v) is 10.2. The molecule has 0 spiro atoms. The zero-order chi connectivity index (χ0) is 21.2. The molecule has 1 aliphatic rings. The number of para-hydroxylation sites is 1. The van der Waals surface area contributed by atoms with Gasteiger partial charge >= 0.3 is 6.18 Å². The summed E-state index contributed by atoms with van der Waals surface area (Å²) < 4.78 is 66.5. The summed E-state index contributed by atoms with van der Waals surface area (Å²) in [5, 5.41) is 2.13. The van der Waals surface area contributed by atoms with Gasteiger partial charge in [-0.1, -0.05) is 12.1 Å². The van der Waals surface area contributed by atoms with Crippen LogP contribution in [-0.2, 0) is 27.5 Å². The molecule has 1 aliphatic heterocycles. The number of rotatable bonds is 5. The van der Waals surface area contributed by atoms with Crippen molar-refractivity contribution in [2.45, 2.75) is 30.5 Å². The topological polar surface area (TPSA) is 88.5 Å². The average molecular weight is 429 g/mol. The van der Waals surface area contributed by atoms with E-state index in [4.69, 9.17) is 0 Å². The van der Waals surface area contributed by atoms with Gasteiger partial charge in [-0.3, -0.25) is 9.59 Å². The van der Waals surface area contributed by atoms with Gasteiger partial charge in [-0.05, 0) is 31.0 Å². The number of benzene rings is 1. The minimum Gasteiger partial charge on any atom is -0.324 e. The van der Waals surface area contributed by atoms with E-state index in [0.717, 1.165) is 47.9 Å². The number of hydrogen-bond donors (Lipinski definition) is 1. The van der Waals surface area contributed by atoms with E-state index in [0.29, 0.717) is 13.1 Å². The third-order valence-electron chi connectivity index (χ3n) is 4.48. The van der Waals surface area contributed by atoms with E-state index in [2.05, 4.69) is 5.32 Å². The zero-order valence-electron chi connectivity index (χ0n) is 15.1. The van der Waals surface area contributed by atoms with Crippen LogP contribution in [0.15, 0.2) is 52.3 Å². The van der Waals surface area contributed by atoms with Crippen molar-refractivity contribution in [3.63, 3.8) is 0 Å². The number of nitrogens with zero attached hydrogens (tertiary/aromatic N) is 2. The molecule has 0 aliphatic carbocycles. The van der Waals surface area contributed by atoms with E-state index in [1.54, 1.807) is 0 Å². The number of pyridine rings is 1. The van der Waals surface area contributed by atoms with Crippen LogP contribution in [0, 0.1) is 0 Å². The molecule has 3 rings (SSSR count). The second-order valence-corrected chi connectivity index (χ2v) is 8.47. The number of anilines is 1. The Hall–Kier alpha value is -2.66. The first kappa shape index (κ1) is 21.1. The molecule has 1 aromatic heterocycles. The lowest BCUT2D eigenvalue weighted by molar-refractivity contribution is -0.137. The van der Waals surface area contributed by atoms with Crippen LogP contribution in [0.3, 0.4) is 0 Å². The number of carbonyl (C=O) groups excluding carboxylic acids is 1. The second-order valence-electron chi connectivity index (χ2n) is 6.53. The number of amides is 1. The number of nitrogens with one attached hydrogen (secondary N) is 1. The van der Waals surface area contributed by atoms with Crippen molar-refractivity contribution in [3.8, 4) is 0 Å². The van der Waals surface area contributed by atoms with E-state index in [1.807, 2.05) is 0 Å². The van der Waals surface area contributed by atoms with Crippen LogP contribution in [0.2, 0.25) is 0 Å². The van der Waals surface area contributed by atoms with Crippen LogP contribution in [0.4, 0.5) is 18.9 Å². The predicted molar refractivity (Wildman–Crippen MR) is 98.8 cm³/mol. The lowest BCUT2D eigenvalue weighted by Crippen LogP contribution is -2.31. The van der Waals surface area contributed by atoms with E-state index < -0.39 is 45.5 Å². The molecule has 1 N–H and O–H groups in total. The molecule has 1 aromatic carbocycles. The van der Waals surface area contributed by atoms with Crippen molar-refractivity contribution < 1.29 is 26.4 Å². The minimum absolute atomic E-state index is 0.150. The number of sulfonamides is 1. The zero-order valence-corrected chi connectivity index (χ0v) is 16.0. The van der Waals surface area contributed by atoms with Gasteiger partial charge in [0.25, 0.3) is 5.56 Å². The maximum Gasteiger partial charge on any atom is 0.418 e. The molecule has 1 saturated heterocycles. The summed E-state index contributed by atoms with van der Waals surface area (Å²) >= 11 is 0. The highest BCUT2D eigenvalue weighted by Gasteiger charge is 2.33. The largest absolute Gasteiger partial charge is 0.418 e. The number of halogens is 3. The van der Waals surface area contributed by atoms with Gasteiger partial charge in [0, 0.05) is 25.4 Å². The highest BCUT2D eigenvalue weighted by Crippen LogP contribution is 2.34. The fourth-order valence-electron chi connectivity index (χ4n) is 3.05. The van der Waals surface area contributed by atoms with Crippen LogP contribution in [0.5, 0.6) is 0 Å². The van der Waals surface area contributed by atoms with E-state index in [1.165, 1.54) is 16.4 Å². The van der Waals surface area contributed by atoms with Crippen LogP contribution in [-0.4, -0.2) is 36.3 Å². The monoisotopic (exact) mass is 429 g/mol. The molecule has 1 amide bonds. The highest BCUT2D eigenvalue weighted by atomic mass is 32.2. The third kappa shape index (κ3) is 4.67. The van der Waals surface area contributed by atoms with Gasteiger partial charge in [-0.25, -0.2) is 8.42 Å². The number of aromatic nitrogens is 1. The number of carbonyl (C=O) groups is 1. The molecule has 0 saturated carbocycles. The van der Waals surface area contributed by atoms with E-state index >= 15 is 0 Å². The standard InChI is InChI=1S/C18H18F3N3O4S/c19-18(20,21)14-5-1-2-6-15(14)22-16(25)12-23-11-13(7-8-17(23)26)29(27,28)24-9-3-4-10-24/h1-2,5-8,11H,3-4,9-10,12H2,(H,22,25). The van der Waals surface area contributed by atoms with Gasteiger partial charge < -0.3 is 9.88 Å². The summed E-state index contributed by atoms with van der Waals surface area (Å²) in [6.07, 6.45) is -2.16. The quantitative estimate of drug-likeness (QED) is 0.790. The molecule has 0 unspecified atom stereocenters. The summed E-state index contributed by atoms with van der Waals surface area (Å²) in [6, 6.07) is 6.61. The van der Waals surface area contributed by atoms with Crippen molar-refractivity contribution in [3.05, 3.63) is 58.5 Å². The molecule has 0 bridgehead atoms. The van der Waals surface area contributed by atoms with Crippen molar-refractivity contribution in [1.82, 2.24) is 8.87 Å². The maximum absolute atomic E-state index is 13.0. The summed E-state index contributed by atoms with van der Waals surface area (Å²) in [5.74, 6) is -0.889. The van der Waals surface area contributed by atoms with Crippen LogP contribution in [0.1, 0.15) is 18.4 Å². The molecule has 11 heteroatoms. The summed E-state index contributed by atoms with van der Waals surface area (Å²) in [7, 11) is -3.81. The Morgan fingerprint density at radius 2 is 1.72 bits per heavy atom.